The minimum absolute atomic E-state index is 0.805. The van der Waals surface area contributed by atoms with Crippen LogP contribution in [0.5, 0.6) is 0 Å². The molecule has 2 N–H and O–H groups in total. The molecule has 0 spiro atoms. The van der Waals surface area contributed by atoms with Crippen molar-refractivity contribution < 1.29 is 0 Å². The lowest BCUT2D eigenvalue weighted by molar-refractivity contribution is 0.237. The summed E-state index contributed by atoms with van der Waals surface area (Å²) >= 11 is 6.08. The Morgan fingerprint density at radius 3 is 2.72 bits per heavy atom. The van der Waals surface area contributed by atoms with Crippen LogP contribution in [0.15, 0.2) is 24.3 Å². The van der Waals surface area contributed by atoms with E-state index in [-0.39, 0.29) is 0 Å². The van der Waals surface area contributed by atoms with Crippen LogP contribution in [0.4, 0.5) is 5.69 Å². The molecule has 0 aliphatic carbocycles. The van der Waals surface area contributed by atoms with Gasteiger partial charge in [0.15, 0.2) is 0 Å². The molecule has 0 unspecified atom stereocenters. The third kappa shape index (κ3) is 4.48. The second-order valence-electron chi connectivity index (χ2n) is 4.71. The minimum atomic E-state index is 0.805. The number of benzene rings is 1. The first-order valence-electron chi connectivity index (χ1n) is 6.78. The molecule has 3 nitrogen and oxygen atoms in total. The first-order chi connectivity index (χ1) is 8.86. The molecule has 0 amide bonds. The summed E-state index contributed by atoms with van der Waals surface area (Å²) in [6.07, 6.45) is 2.44. The van der Waals surface area contributed by atoms with E-state index in [4.69, 9.17) is 11.6 Å². The van der Waals surface area contributed by atoms with Crippen molar-refractivity contribution in [3.8, 4) is 0 Å². The van der Waals surface area contributed by atoms with Crippen molar-refractivity contribution in [3.05, 3.63) is 29.3 Å². The molecule has 100 valence electrons. The normalized spacial score (nSPS) is 16.7. The van der Waals surface area contributed by atoms with Gasteiger partial charge in [0.25, 0.3) is 0 Å². The van der Waals surface area contributed by atoms with Crippen LogP contribution in [0, 0.1) is 0 Å². The number of para-hydroxylation sites is 1. The maximum atomic E-state index is 6.08. The summed E-state index contributed by atoms with van der Waals surface area (Å²) in [7, 11) is 0. The van der Waals surface area contributed by atoms with E-state index >= 15 is 0 Å². The van der Waals surface area contributed by atoms with Gasteiger partial charge in [0.05, 0.1) is 10.7 Å². The Balaban J connectivity index is 1.57. The molecular weight excluding hydrogens is 246 g/mol. The monoisotopic (exact) mass is 267 g/mol. The van der Waals surface area contributed by atoms with Gasteiger partial charge in [0.1, 0.15) is 0 Å². The molecule has 18 heavy (non-hydrogen) atoms. The lowest BCUT2D eigenvalue weighted by Crippen LogP contribution is -2.43. The summed E-state index contributed by atoms with van der Waals surface area (Å²) in [4.78, 5) is 2.53. The van der Waals surface area contributed by atoms with Gasteiger partial charge >= 0.3 is 0 Å². The number of halogens is 1. The quantitative estimate of drug-likeness (QED) is 0.776. The van der Waals surface area contributed by atoms with E-state index in [1.807, 2.05) is 24.3 Å². The zero-order valence-electron chi connectivity index (χ0n) is 10.8. The van der Waals surface area contributed by atoms with E-state index in [0.29, 0.717) is 0 Å². The average molecular weight is 268 g/mol. The summed E-state index contributed by atoms with van der Waals surface area (Å²) < 4.78 is 0. The highest BCUT2D eigenvalue weighted by molar-refractivity contribution is 6.33. The van der Waals surface area contributed by atoms with Gasteiger partial charge in [0, 0.05) is 32.7 Å². The van der Waals surface area contributed by atoms with Gasteiger partial charge in [-0.15, -0.1) is 0 Å². The van der Waals surface area contributed by atoms with E-state index < -0.39 is 0 Å². The van der Waals surface area contributed by atoms with Crippen LogP contribution in [-0.4, -0.2) is 44.2 Å². The summed E-state index contributed by atoms with van der Waals surface area (Å²) in [5.74, 6) is 0. The maximum absolute atomic E-state index is 6.08. The van der Waals surface area contributed by atoms with Crippen LogP contribution < -0.4 is 10.6 Å². The Bertz CT molecular complexity index is 351. The van der Waals surface area contributed by atoms with Crippen molar-refractivity contribution in [2.75, 3.05) is 44.6 Å². The van der Waals surface area contributed by atoms with Crippen LogP contribution in [0.25, 0.3) is 0 Å². The zero-order valence-corrected chi connectivity index (χ0v) is 11.5. The third-order valence-electron chi connectivity index (χ3n) is 3.30. The summed E-state index contributed by atoms with van der Waals surface area (Å²) in [5, 5.41) is 7.57. The highest BCUT2D eigenvalue weighted by Gasteiger charge is 2.07. The summed E-state index contributed by atoms with van der Waals surface area (Å²) in [6.45, 7) is 6.87. The fourth-order valence-electron chi connectivity index (χ4n) is 2.22. The van der Waals surface area contributed by atoms with Crippen molar-refractivity contribution in [2.24, 2.45) is 0 Å². The average Bonchev–Trinajstić information content (AvgIpc) is 2.42. The Morgan fingerprint density at radius 1 is 1.17 bits per heavy atom. The first-order valence-corrected chi connectivity index (χ1v) is 7.15. The van der Waals surface area contributed by atoms with Crippen LogP contribution in [-0.2, 0) is 0 Å². The highest BCUT2D eigenvalue weighted by Crippen LogP contribution is 2.20. The number of nitrogens with zero attached hydrogens (tertiary/aromatic N) is 1. The summed E-state index contributed by atoms with van der Waals surface area (Å²) in [6, 6.07) is 7.91. The number of hydrogen-bond acceptors (Lipinski definition) is 3. The van der Waals surface area contributed by atoms with Crippen LogP contribution in [0.2, 0.25) is 5.02 Å². The third-order valence-corrected chi connectivity index (χ3v) is 3.63. The molecule has 1 aliphatic heterocycles. The molecule has 1 heterocycles. The second-order valence-corrected chi connectivity index (χ2v) is 5.11. The molecule has 0 radical (unpaired) electrons. The fourth-order valence-corrected chi connectivity index (χ4v) is 2.43. The van der Waals surface area contributed by atoms with Crippen LogP contribution in [0.3, 0.4) is 0 Å². The van der Waals surface area contributed by atoms with E-state index in [1.54, 1.807) is 0 Å². The second kappa shape index (κ2) is 7.62. The Labute approximate surface area is 115 Å². The van der Waals surface area contributed by atoms with Gasteiger partial charge in [-0.1, -0.05) is 23.7 Å². The van der Waals surface area contributed by atoms with Crippen molar-refractivity contribution in [2.45, 2.75) is 12.8 Å². The Hall–Kier alpha value is -0.770. The van der Waals surface area contributed by atoms with Gasteiger partial charge in [-0.3, -0.25) is 0 Å². The molecule has 1 fully saturated rings. The number of hydrogen-bond donors (Lipinski definition) is 2. The van der Waals surface area contributed by atoms with E-state index in [9.17, 15) is 0 Å². The number of piperazine rings is 1. The summed E-state index contributed by atoms with van der Waals surface area (Å²) in [5.41, 5.74) is 1.04. The van der Waals surface area contributed by atoms with Gasteiger partial charge in [0.2, 0.25) is 0 Å². The zero-order chi connectivity index (χ0) is 12.6. The van der Waals surface area contributed by atoms with Crippen molar-refractivity contribution in [3.63, 3.8) is 0 Å². The lowest BCUT2D eigenvalue weighted by atomic mass is 10.2. The largest absolute Gasteiger partial charge is 0.384 e. The van der Waals surface area contributed by atoms with E-state index in [2.05, 4.69) is 15.5 Å². The van der Waals surface area contributed by atoms with Gasteiger partial charge in [-0.2, -0.15) is 0 Å². The molecule has 0 saturated carbocycles. The lowest BCUT2D eigenvalue weighted by Gasteiger charge is -2.27. The van der Waals surface area contributed by atoms with Crippen molar-refractivity contribution in [1.82, 2.24) is 10.2 Å². The standard InChI is InChI=1S/C14H22ClN3/c15-13-5-1-2-6-14(13)17-7-3-4-10-18-11-8-16-9-12-18/h1-2,5-6,16-17H,3-4,7-12H2. The van der Waals surface area contributed by atoms with Gasteiger partial charge in [-0.25, -0.2) is 0 Å². The van der Waals surface area contributed by atoms with Crippen LogP contribution >= 0.6 is 11.6 Å². The molecule has 1 saturated heterocycles. The Morgan fingerprint density at radius 2 is 1.94 bits per heavy atom. The molecular formula is C14H22ClN3. The molecule has 0 bridgehead atoms. The number of rotatable bonds is 6. The smallest absolute Gasteiger partial charge is 0.0637 e. The molecule has 2 rings (SSSR count). The molecule has 0 atom stereocenters. The molecule has 4 heteroatoms. The number of nitrogens with one attached hydrogen (secondary N) is 2. The SMILES string of the molecule is Clc1ccccc1NCCCCN1CCNCC1. The molecule has 1 aromatic rings. The van der Waals surface area contributed by atoms with Gasteiger partial charge in [-0.05, 0) is 31.5 Å². The predicted molar refractivity (Wildman–Crippen MR) is 78.5 cm³/mol. The maximum Gasteiger partial charge on any atom is 0.0637 e. The molecule has 1 aliphatic rings. The van der Waals surface area contributed by atoms with E-state index in [1.165, 1.54) is 32.5 Å². The number of anilines is 1. The predicted octanol–water partition coefficient (Wildman–Crippen LogP) is 2.44. The topological polar surface area (TPSA) is 27.3 Å². The Kier molecular flexibility index (Phi) is 5.78. The fraction of sp³-hybridized carbons (Fsp3) is 0.571. The van der Waals surface area contributed by atoms with Crippen molar-refractivity contribution >= 4 is 17.3 Å². The van der Waals surface area contributed by atoms with E-state index in [0.717, 1.165) is 30.3 Å². The number of unbranched alkanes of at least 4 members (excludes halogenated alkanes) is 1. The van der Waals surface area contributed by atoms with Crippen molar-refractivity contribution in [1.29, 1.82) is 0 Å². The van der Waals surface area contributed by atoms with Gasteiger partial charge < -0.3 is 15.5 Å². The molecule has 1 aromatic carbocycles. The van der Waals surface area contributed by atoms with Crippen LogP contribution in [0.1, 0.15) is 12.8 Å². The molecule has 0 aromatic heterocycles. The highest BCUT2D eigenvalue weighted by atomic mass is 35.5. The first kappa shape index (κ1) is 13.7. The minimum Gasteiger partial charge on any atom is -0.384 e.